The van der Waals surface area contributed by atoms with Crippen molar-refractivity contribution in [3.63, 3.8) is 0 Å². The molecule has 18 aromatic heterocycles. The molecule has 720 valence electrons. The van der Waals surface area contributed by atoms with Crippen LogP contribution in [0.2, 0.25) is 0 Å². The number of amides is 3. The van der Waals surface area contributed by atoms with Crippen LogP contribution in [0.3, 0.4) is 0 Å². The van der Waals surface area contributed by atoms with E-state index >= 15 is 0 Å². The monoisotopic (exact) mass is 2030 g/mol. The zero-order valence-electron chi connectivity index (χ0n) is 81.5. The van der Waals surface area contributed by atoms with Gasteiger partial charge in [0, 0.05) is 161 Å². The van der Waals surface area contributed by atoms with Crippen LogP contribution < -0.4 is 31.9 Å². The molecule has 2 atom stereocenters. The average Bonchev–Trinajstić information content (AvgIpc) is 1.27. The number of thioether (sulfide) groups is 1. The van der Waals surface area contributed by atoms with Crippen molar-refractivity contribution in [3.05, 3.63) is 242 Å². The van der Waals surface area contributed by atoms with Gasteiger partial charge in [-0.05, 0) is 255 Å². The Labute approximate surface area is 842 Å². The van der Waals surface area contributed by atoms with Crippen LogP contribution in [-0.4, -0.2) is 171 Å². The van der Waals surface area contributed by atoms with E-state index < -0.39 is 9.52 Å². The predicted octanol–water partition coefficient (Wildman–Crippen LogP) is 22.7. The van der Waals surface area contributed by atoms with E-state index in [2.05, 4.69) is 157 Å². The summed E-state index contributed by atoms with van der Waals surface area (Å²) in [6.45, 7) is 23.6. The lowest BCUT2D eigenvalue weighted by Gasteiger charge is -2.29. The number of likely N-dealkylation sites (tertiary alicyclic amines) is 1. The van der Waals surface area contributed by atoms with Gasteiger partial charge in [-0.15, -0.1) is 68.0 Å². The molecule has 2 fully saturated rings. The lowest BCUT2D eigenvalue weighted by atomic mass is 10.1. The van der Waals surface area contributed by atoms with Crippen LogP contribution in [0.15, 0.2) is 169 Å². The minimum atomic E-state index is -2.18. The molecule has 29 nitrogen and oxygen atoms in total. The van der Waals surface area contributed by atoms with Crippen molar-refractivity contribution in [2.75, 3.05) is 69.8 Å². The van der Waals surface area contributed by atoms with Crippen LogP contribution in [0.1, 0.15) is 112 Å². The molecule has 0 saturated carbocycles. The minimum Gasteiger partial charge on any atom is -0.365 e. The highest BCUT2D eigenvalue weighted by Crippen LogP contribution is 2.46. The first kappa shape index (κ1) is 96.4. The third kappa shape index (κ3) is 19.8. The SMILES string of the molecule is C=S(C)(=O)c1ccc(CNc2nn(C)c3c2sc2nc(C)cc(C)c23)cc1.Cc1cc(C)c2c(n1)sc1c(NC3CCN(C)CC3)nn(C)c12.Cc1cc(C)c2c(n1)sc1c(NC3CCSC3)nn(C)c12.Cc1ccc(C(=O)Nc2nn(C)c3c2sc2nc(C)ccc23)cc1.Cc1ccc2c(n1)sc1c(NC(=O)c3ccccc3)nn(C)c12.Cc1ccnc2sc3c(NC(=O)c4ccccc4)nn(C)c3c12. The Morgan fingerprint density at radius 1 is 0.383 bits per heavy atom. The fourth-order valence-electron chi connectivity index (χ4n) is 18.1. The minimum absolute atomic E-state index is 0.156. The summed E-state index contributed by atoms with van der Waals surface area (Å²) in [5.74, 6) is 10.4. The lowest BCUT2D eigenvalue weighted by Crippen LogP contribution is -2.36. The highest BCUT2D eigenvalue weighted by atomic mass is 32.2. The second-order valence-electron chi connectivity index (χ2n) is 36.1. The van der Waals surface area contributed by atoms with Crippen LogP contribution in [0.25, 0.3) is 123 Å². The summed E-state index contributed by atoms with van der Waals surface area (Å²) in [4.78, 5) is 74.3. The van der Waals surface area contributed by atoms with Crippen LogP contribution in [0, 0.1) is 69.2 Å². The zero-order chi connectivity index (χ0) is 98.8. The summed E-state index contributed by atoms with van der Waals surface area (Å²) < 4.78 is 29.8. The van der Waals surface area contributed by atoms with E-state index in [0.29, 0.717) is 52.8 Å². The van der Waals surface area contributed by atoms with E-state index in [1.54, 1.807) is 108 Å². The molecule has 6 N–H and O–H groups in total. The maximum Gasteiger partial charge on any atom is 0.256 e. The van der Waals surface area contributed by atoms with Crippen molar-refractivity contribution < 1.29 is 18.6 Å². The molecule has 2 saturated heterocycles. The number of benzene rings is 4. The molecule has 20 heterocycles. The number of carbonyl (C=O) groups excluding carboxylic acids is 3. The average molecular weight is 2030 g/mol. The smallest absolute Gasteiger partial charge is 0.256 e. The fourth-order valence-corrected chi connectivity index (χ4v) is 27.3. The number of aryl methyl sites for hydroxylation is 16. The standard InChI is InChI=1S/C20H22N4OS2.C18H16N4OS.C17H23N5S.2C17H14N4OS.C15H18N4S2/c1-12-10-13(2)22-20-16(12)17-18(26-20)19(23-24(17)3)21-11-14-6-8-15(9-7-14)27(4,5)25;1-10-4-7-12(8-5-10)17(23)20-16-15-14(22(3)21-16)13-9-6-11(2)19-18(13)24-15;1-10-9-11(2)18-17-13(10)14-15(23-17)16(20-22(14)4)19-12-5-7-21(3)8-6-12;1-10-8-9-18-17-12(10)13-14(23-17)15(20-21(13)2)19-16(22)11-6-4-3-5-7-11;1-10-8-9-12-13-14(23-17(12)18-10)15(20-21(13)2)19-16(22)11-6-4-3-5-7-11;1-8-6-9(2)16-15-11(8)12-13(21-15)14(18-19(12)3)17-10-4-5-20-7-10/h6-10H,4,11H2,1-3,5H3,(H,21,23);4-9H,1-3H3,(H,20,21,23);9,12H,5-8H2,1-4H3,(H,19,20);2*3-9H,1-2H3,(H,19,20,22);6,10H,4-5,7H2,1-3H3,(H,17,18). The molecule has 0 aliphatic carbocycles. The predicted molar refractivity (Wildman–Crippen MR) is 591 cm³/mol. The van der Waals surface area contributed by atoms with Gasteiger partial charge in [0.05, 0.1) is 61.3 Å². The molecule has 4 aromatic carbocycles. The maximum atomic E-state index is 12.5. The van der Waals surface area contributed by atoms with E-state index in [0.717, 1.165) is 167 Å². The fraction of sp³-hybridized carbons (Fsp3) is 0.269. The molecule has 2 aliphatic rings. The Kier molecular flexibility index (Phi) is 27.3. The number of nitrogens with one attached hydrogen (secondary N) is 6. The highest BCUT2D eigenvalue weighted by molar-refractivity contribution is 7.99. The summed E-state index contributed by atoms with van der Waals surface area (Å²) >= 11 is 11.9. The summed E-state index contributed by atoms with van der Waals surface area (Å²) in [5.41, 5.74) is 20.8. The summed E-state index contributed by atoms with van der Waals surface area (Å²) in [5, 5.41) is 53.9. The number of anilines is 6. The van der Waals surface area contributed by atoms with E-state index in [1.165, 1.54) is 84.1 Å². The quantitative estimate of drug-likeness (QED) is 0.0551. The Morgan fingerprint density at radius 3 is 1.17 bits per heavy atom. The van der Waals surface area contributed by atoms with Crippen molar-refractivity contribution in [1.29, 1.82) is 0 Å². The number of pyridine rings is 6. The van der Waals surface area contributed by atoms with Crippen LogP contribution >= 0.6 is 79.8 Å². The second kappa shape index (κ2) is 39.9. The summed E-state index contributed by atoms with van der Waals surface area (Å²) in [6.07, 6.45) is 7.04. The van der Waals surface area contributed by atoms with Crippen molar-refractivity contribution in [1.82, 2.24) is 93.5 Å². The summed E-state index contributed by atoms with van der Waals surface area (Å²) in [6, 6.07) is 51.1. The summed E-state index contributed by atoms with van der Waals surface area (Å²) in [7, 11) is 11.7. The van der Waals surface area contributed by atoms with E-state index in [9.17, 15) is 18.6 Å². The van der Waals surface area contributed by atoms with Gasteiger partial charge in [-0.1, -0.05) is 66.2 Å². The van der Waals surface area contributed by atoms with E-state index in [4.69, 9.17) is 25.1 Å². The molecule has 141 heavy (non-hydrogen) atoms. The van der Waals surface area contributed by atoms with Gasteiger partial charge in [-0.2, -0.15) is 42.4 Å². The largest absolute Gasteiger partial charge is 0.365 e. The molecule has 2 unspecified atom stereocenters. The molecule has 2 aliphatic heterocycles. The molecule has 37 heteroatoms. The molecular formula is C104H107N25O4S8. The molecule has 24 rings (SSSR count). The number of carbonyl (C=O) groups is 3. The van der Waals surface area contributed by atoms with Gasteiger partial charge >= 0.3 is 0 Å². The van der Waals surface area contributed by atoms with Crippen LogP contribution in [-0.2, 0) is 58.4 Å². The Hall–Kier alpha value is -13.5. The zero-order valence-corrected chi connectivity index (χ0v) is 88.0. The first-order valence-corrected chi connectivity index (χ1v) is 54.3. The Balaban J connectivity index is 0.000000108. The third-order valence-electron chi connectivity index (χ3n) is 25.0. The van der Waals surface area contributed by atoms with Gasteiger partial charge in [-0.3, -0.25) is 46.7 Å². The number of hydrogen-bond donors (Lipinski definition) is 6. The van der Waals surface area contributed by atoms with Crippen LogP contribution in [0.4, 0.5) is 34.9 Å². The third-order valence-corrected chi connectivity index (χ3v) is 34.0. The van der Waals surface area contributed by atoms with Crippen molar-refractivity contribution in [3.8, 4) is 0 Å². The van der Waals surface area contributed by atoms with E-state index in [1.807, 2.05) is 210 Å². The number of fused-ring (bicyclic) bond motifs is 18. The number of hydrogen-bond acceptors (Lipinski definition) is 27. The molecule has 3 amide bonds. The first-order chi connectivity index (χ1) is 67.7. The first-order valence-electron chi connectivity index (χ1n) is 46.1. The van der Waals surface area contributed by atoms with Gasteiger partial charge in [0.25, 0.3) is 17.7 Å². The molecule has 22 aromatic rings. The van der Waals surface area contributed by atoms with Gasteiger partial charge in [-0.25, -0.2) is 29.9 Å². The number of nitrogens with zero attached hydrogens (tertiary/aromatic N) is 19. The number of aromatic nitrogens is 18. The maximum absolute atomic E-state index is 12.5. The molecule has 0 bridgehead atoms. The van der Waals surface area contributed by atoms with Gasteiger partial charge in [0.2, 0.25) is 0 Å². The Morgan fingerprint density at radius 2 is 0.745 bits per heavy atom. The highest BCUT2D eigenvalue weighted by Gasteiger charge is 2.29. The normalized spacial score (nSPS) is 13.9. The number of piperidine rings is 1. The van der Waals surface area contributed by atoms with Crippen molar-refractivity contribution >= 4 is 270 Å². The van der Waals surface area contributed by atoms with Gasteiger partial charge in [0.1, 0.15) is 29.0 Å². The van der Waals surface area contributed by atoms with Crippen molar-refractivity contribution in [2.45, 2.75) is 112 Å². The number of thiophene rings is 6. The van der Waals surface area contributed by atoms with Crippen molar-refractivity contribution in [2.24, 2.45) is 42.3 Å². The van der Waals surface area contributed by atoms with Gasteiger partial charge < -0.3 is 36.8 Å². The molecular weight excluding hydrogens is 1920 g/mol. The topological polar surface area (TPSA) is 328 Å². The Bertz CT molecular complexity index is 8690. The second-order valence-corrected chi connectivity index (χ2v) is 45.7. The van der Waals surface area contributed by atoms with Crippen LogP contribution in [0.5, 0.6) is 0 Å². The van der Waals surface area contributed by atoms with E-state index in [-0.39, 0.29) is 17.7 Å². The lowest BCUT2D eigenvalue weighted by molar-refractivity contribution is 0.101. The number of rotatable bonds is 14. The van der Waals surface area contributed by atoms with Gasteiger partial charge in [0.15, 0.2) is 34.9 Å². The molecule has 0 spiro atoms. The molecule has 0 radical (unpaired) electrons.